The van der Waals surface area contributed by atoms with Crippen LogP contribution in [0.3, 0.4) is 0 Å². The average Bonchev–Trinajstić information content (AvgIpc) is 3.61. The van der Waals surface area contributed by atoms with Gasteiger partial charge in [0, 0.05) is 28.4 Å². The molecule has 0 aliphatic heterocycles. The number of aromatic nitrogens is 1. The number of carbonyl (C=O) groups excluding carboxylic acids is 2. The summed E-state index contributed by atoms with van der Waals surface area (Å²) in [6.07, 6.45) is -0.123. The van der Waals surface area contributed by atoms with Crippen LogP contribution in [0.4, 0.5) is 0 Å². The molecule has 11 nitrogen and oxygen atoms in total. The summed E-state index contributed by atoms with van der Waals surface area (Å²) < 4.78 is 1.93. The van der Waals surface area contributed by atoms with Crippen LogP contribution in [-0.4, -0.2) is 56.2 Å². The van der Waals surface area contributed by atoms with Crippen molar-refractivity contribution in [1.82, 2.24) is 14.9 Å². The molecule has 8 N–H and O–H groups in total. The number of phenolic OH excluding ortho intramolecular Hbond substituents is 1. The number of hydroxylamine groups is 1. The van der Waals surface area contributed by atoms with Crippen molar-refractivity contribution in [3.63, 3.8) is 0 Å². The summed E-state index contributed by atoms with van der Waals surface area (Å²) in [4.78, 5) is 27.2. The first-order valence-corrected chi connectivity index (χ1v) is 14.1. The number of nitrogens with two attached hydrogens (primary N) is 2. The lowest BCUT2D eigenvalue weighted by atomic mass is 10.0. The minimum atomic E-state index is -0.605. The van der Waals surface area contributed by atoms with Gasteiger partial charge in [-0.25, -0.2) is 5.48 Å². The van der Waals surface area contributed by atoms with Crippen molar-refractivity contribution in [2.45, 2.75) is 13.1 Å². The molecule has 0 radical (unpaired) electrons. The highest BCUT2D eigenvalue weighted by molar-refractivity contribution is 7.17. The summed E-state index contributed by atoms with van der Waals surface area (Å²) >= 11 is 1.29. The number of nitrogens with zero attached hydrogens (tertiary/aromatic N) is 3. The minimum Gasteiger partial charge on any atom is -0.508 e. The van der Waals surface area contributed by atoms with Gasteiger partial charge in [0.15, 0.2) is 0 Å². The van der Waals surface area contributed by atoms with Crippen LogP contribution < -0.4 is 16.9 Å². The average molecular weight is 599 g/mol. The molecule has 0 saturated carbocycles. The summed E-state index contributed by atoms with van der Waals surface area (Å²) in [5, 5.41) is 33.8. The quantitative estimate of drug-likeness (QED) is 0.0489. The molecule has 2 aromatic heterocycles. The lowest BCUT2D eigenvalue weighted by molar-refractivity contribution is -0.128. The molecule has 0 aliphatic rings. The van der Waals surface area contributed by atoms with Gasteiger partial charge in [-0.2, -0.15) is 0 Å². The number of thiophene rings is 1. The third kappa shape index (κ3) is 5.85. The summed E-state index contributed by atoms with van der Waals surface area (Å²) in [6.45, 7) is 0.289. The van der Waals surface area contributed by atoms with Gasteiger partial charge in [-0.05, 0) is 59.2 Å². The van der Waals surface area contributed by atoms with Crippen molar-refractivity contribution in [2.75, 3.05) is 13.7 Å². The Kier molecular flexibility index (Phi) is 8.55. The second kappa shape index (κ2) is 12.5. The number of aromatic hydroxyl groups is 1. The van der Waals surface area contributed by atoms with E-state index < -0.39 is 5.91 Å². The van der Waals surface area contributed by atoms with Gasteiger partial charge in [0.25, 0.3) is 5.91 Å². The normalized spacial score (nSPS) is 11.6. The molecule has 2 heterocycles. The highest BCUT2D eigenvalue weighted by Gasteiger charge is 2.20. The molecular weight excluding hydrogens is 568 g/mol. The van der Waals surface area contributed by atoms with Crippen LogP contribution in [0.5, 0.6) is 5.75 Å². The smallest absolute Gasteiger partial charge is 0.254 e. The first-order chi connectivity index (χ1) is 20.8. The van der Waals surface area contributed by atoms with Crippen LogP contribution in [0.2, 0.25) is 0 Å². The van der Waals surface area contributed by atoms with Gasteiger partial charge in [0.1, 0.15) is 11.5 Å². The number of fused-ring (bicyclic) bond motifs is 1. The van der Waals surface area contributed by atoms with E-state index in [0.717, 1.165) is 22.2 Å². The molecule has 3 aromatic carbocycles. The van der Waals surface area contributed by atoms with Gasteiger partial charge >= 0.3 is 0 Å². The van der Waals surface area contributed by atoms with E-state index in [2.05, 4.69) is 5.16 Å². The number of nitrogens with one attached hydrogen (secondary N) is 1. The Morgan fingerprint density at radius 2 is 1.72 bits per heavy atom. The van der Waals surface area contributed by atoms with Gasteiger partial charge in [-0.3, -0.25) is 14.8 Å². The fourth-order valence-corrected chi connectivity index (χ4v) is 6.14. The lowest BCUT2D eigenvalue weighted by Crippen LogP contribution is -2.32. The fraction of sp³-hybridized carbons (Fsp3) is 0.129. The minimum absolute atomic E-state index is 0.0639. The Hall–Kier alpha value is -5.01. The molecule has 43 heavy (non-hydrogen) atoms. The van der Waals surface area contributed by atoms with Crippen molar-refractivity contribution in [1.29, 1.82) is 0 Å². The number of hydrogen-bond donors (Lipinski definition) is 6. The van der Waals surface area contributed by atoms with Crippen LogP contribution >= 0.6 is 11.3 Å². The number of amides is 2. The number of rotatable bonds is 9. The Bertz CT molecular complexity index is 1840. The van der Waals surface area contributed by atoms with Crippen LogP contribution in [0, 0.1) is 0 Å². The van der Waals surface area contributed by atoms with Gasteiger partial charge < -0.3 is 31.2 Å². The van der Waals surface area contributed by atoms with E-state index >= 15 is 0 Å². The van der Waals surface area contributed by atoms with Crippen molar-refractivity contribution in [3.05, 3.63) is 100 Å². The Balaban J connectivity index is 1.55. The molecule has 0 atom stereocenters. The predicted molar refractivity (Wildman–Crippen MR) is 165 cm³/mol. The van der Waals surface area contributed by atoms with E-state index in [-0.39, 0.29) is 37.1 Å². The molecule has 0 fully saturated rings. The molecule has 0 saturated heterocycles. The van der Waals surface area contributed by atoms with E-state index in [1.54, 1.807) is 55.0 Å². The first kappa shape index (κ1) is 29.5. The molecule has 5 aromatic rings. The largest absolute Gasteiger partial charge is 0.508 e. The van der Waals surface area contributed by atoms with Gasteiger partial charge in [-0.1, -0.05) is 41.6 Å². The fourth-order valence-electron chi connectivity index (χ4n) is 4.95. The van der Waals surface area contributed by atoms with Crippen LogP contribution in [0.1, 0.15) is 26.4 Å². The SMILES string of the molecule is CN(CN)C(=O)c1ccc(-c2cc3ccc(/C(=N/O)c4cc(CC(=O)NO)c(-c5cccc(O)c5)s4)cc3n2CN)cc1. The van der Waals surface area contributed by atoms with Crippen LogP contribution in [-0.2, 0) is 17.9 Å². The summed E-state index contributed by atoms with van der Waals surface area (Å²) in [6, 6.07) is 23.2. The molecule has 0 bridgehead atoms. The van der Waals surface area contributed by atoms with Crippen molar-refractivity contribution in [2.24, 2.45) is 16.6 Å². The Morgan fingerprint density at radius 1 is 0.977 bits per heavy atom. The van der Waals surface area contributed by atoms with E-state index in [1.807, 2.05) is 41.0 Å². The predicted octanol–water partition coefficient (Wildman–Crippen LogP) is 3.92. The van der Waals surface area contributed by atoms with E-state index in [0.29, 0.717) is 32.0 Å². The van der Waals surface area contributed by atoms with Crippen molar-refractivity contribution in [3.8, 4) is 27.4 Å². The van der Waals surface area contributed by atoms with Gasteiger partial charge in [-0.15, -0.1) is 11.3 Å². The van der Waals surface area contributed by atoms with E-state index in [4.69, 9.17) is 16.7 Å². The highest BCUT2D eigenvalue weighted by Crippen LogP contribution is 2.37. The maximum Gasteiger partial charge on any atom is 0.254 e. The number of carbonyl (C=O) groups is 2. The second-order valence-electron chi connectivity index (χ2n) is 9.85. The molecule has 2 amide bonds. The molecule has 0 unspecified atom stereocenters. The van der Waals surface area contributed by atoms with E-state index in [1.165, 1.54) is 16.2 Å². The maximum absolute atomic E-state index is 12.5. The lowest BCUT2D eigenvalue weighted by Gasteiger charge is -2.14. The standard InChI is InChI=1S/C31H30N6O5S/c1-36(16-32)31(40)19-7-5-18(6-8-19)25-12-20-9-10-21(13-26(20)37(25)17-33)29(35-42)27-14-23(15-28(39)34-41)30(43-27)22-3-2-4-24(38)11-22/h2-14,38,41-42H,15-17,32-33H2,1H3,(H,34,39)/b35-29-. The molecule has 12 heteroatoms. The number of benzene rings is 3. The first-order valence-electron chi connectivity index (χ1n) is 13.2. The van der Waals surface area contributed by atoms with Gasteiger partial charge in [0.2, 0.25) is 5.91 Å². The van der Waals surface area contributed by atoms with Crippen LogP contribution in [0.25, 0.3) is 32.6 Å². The maximum atomic E-state index is 12.5. The molecule has 0 spiro atoms. The van der Waals surface area contributed by atoms with Crippen molar-refractivity contribution >= 4 is 39.8 Å². The number of oxime groups is 1. The summed E-state index contributed by atoms with van der Waals surface area (Å²) in [5.74, 6) is -0.712. The molecule has 0 aliphatic carbocycles. The zero-order valence-corrected chi connectivity index (χ0v) is 24.0. The Morgan fingerprint density at radius 3 is 2.37 bits per heavy atom. The van der Waals surface area contributed by atoms with Crippen LogP contribution in [0.15, 0.2) is 84.0 Å². The molecule has 220 valence electrons. The zero-order chi connectivity index (χ0) is 30.7. The van der Waals surface area contributed by atoms with Crippen molar-refractivity contribution < 1.29 is 25.1 Å². The third-order valence-corrected chi connectivity index (χ3v) is 8.37. The van der Waals surface area contributed by atoms with E-state index in [9.17, 15) is 19.9 Å². The third-order valence-electron chi connectivity index (χ3n) is 7.13. The molecular formula is C31H30N6O5S. The monoisotopic (exact) mass is 598 g/mol. The Labute approximate surface area is 250 Å². The second-order valence-corrected chi connectivity index (χ2v) is 10.9. The summed E-state index contributed by atoms with van der Waals surface area (Å²) in [7, 11) is 1.64. The zero-order valence-electron chi connectivity index (χ0n) is 23.2. The summed E-state index contributed by atoms with van der Waals surface area (Å²) in [5.41, 5.74) is 18.6. The van der Waals surface area contributed by atoms with Gasteiger partial charge in [0.05, 0.1) is 35.8 Å². The topological polar surface area (TPSA) is 179 Å². The number of hydrogen-bond acceptors (Lipinski definition) is 9. The molecule has 5 rings (SSSR count). The highest BCUT2D eigenvalue weighted by atomic mass is 32.1. The number of phenols is 1.